The number of cyclic esters (lactones) is 1. The molecule has 1 aromatic rings. The number of nitrogens with one attached hydrogen (secondary N) is 1. The van der Waals surface area contributed by atoms with Gasteiger partial charge in [-0.3, -0.25) is 14.4 Å². The Balaban J connectivity index is 1.64. The molecule has 2 aliphatic rings. The summed E-state index contributed by atoms with van der Waals surface area (Å²) in [6, 6.07) is 4.47. The van der Waals surface area contributed by atoms with Gasteiger partial charge in [0.05, 0.1) is 17.8 Å². The number of rotatable bonds is 7. The van der Waals surface area contributed by atoms with Crippen LogP contribution in [0.15, 0.2) is 24.3 Å². The van der Waals surface area contributed by atoms with E-state index in [0.717, 1.165) is 0 Å². The minimum absolute atomic E-state index is 0.148. The van der Waals surface area contributed by atoms with Gasteiger partial charge >= 0.3 is 11.9 Å². The Kier molecular flexibility index (Phi) is 7.64. The molecule has 2 amide bonds. The monoisotopic (exact) mass is 463 g/mol. The Hall–Kier alpha value is -3.47. The zero-order valence-electron chi connectivity index (χ0n) is 18.6. The third-order valence-corrected chi connectivity index (χ3v) is 5.26. The molecule has 33 heavy (non-hydrogen) atoms. The quantitative estimate of drug-likeness (QED) is 0.458. The van der Waals surface area contributed by atoms with Crippen LogP contribution in [0, 0.1) is 5.82 Å². The van der Waals surface area contributed by atoms with Crippen molar-refractivity contribution in [2.75, 3.05) is 44.7 Å². The molecule has 11 heteroatoms. The SMILES string of the molecule is COC(OC(C)=O)C(=O)N1CCN(c2ccc(C3=C[C@H](CNC(C)=O)OC3=O)cc2F)CC1. The van der Waals surface area contributed by atoms with E-state index in [0.29, 0.717) is 37.4 Å². The van der Waals surface area contributed by atoms with Crippen molar-refractivity contribution in [1.29, 1.82) is 0 Å². The Labute approximate surface area is 190 Å². The lowest BCUT2D eigenvalue weighted by atomic mass is 10.0. The maximum atomic E-state index is 14.9. The van der Waals surface area contributed by atoms with Gasteiger partial charge in [-0.15, -0.1) is 0 Å². The smallest absolute Gasteiger partial charge is 0.339 e. The van der Waals surface area contributed by atoms with E-state index in [1.807, 2.05) is 0 Å². The molecule has 10 nitrogen and oxygen atoms in total. The van der Waals surface area contributed by atoms with Gasteiger partial charge in [-0.1, -0.05) is 6.07 Å². The van der Waals surface area contributed by atoms with Crippen molar-refractivity contribution in [2.45, 2.75) is 26.2 Å². The van der Waals surface area contributed by atoms with E-state index in [1.54, 1.807) is 23.1 Å². The van der Waals surface area contributed by atoms with Gasteiger partial charge < -0.3 is 29.3 Å². The number of anilines is 1. The highest BCUT2D eigenvalue weighted by molar-refractivity contribution is 6.18. The lowest BCUT2D eigenvalue weighted by Crippen LogP contribution is -2.52. The van der Waals surface area contributed by atoms with Crippen molar-refractivity contribution in [3.63, 3.8) is 0 Å². The molecule has 2 aliphatic heterocycles. The van der Waals surface area contributed by atoms with E-state index in [9.17, 15) is 23.6 Å². The molecule has 0 bridgehead atoms. The number of amides is 2. The second-order valence-corrected chi connectivity index (χ2v) is 7.62. The van der Waals surface area contributed by atoms with Crippen LogP contribution < -0.4 is 10.2 Å². The summed E-state index contributed by atoms with van der Waals surface area (Å²) >= 11 is 0. The number of carbonyl (C=O) groups is 4. The topological polar surface area (TPSA) is 114 Å². The number of hydrogen-bond acceptors (Lipinski definition) is 8. The Bertz CT molecular complexity index is 973. The molecule has 1 fully saturated rings. The van der Waals surface area contributed by atoms with E-state index in [1.165, 1.54) is 31.9 Å². The highest BCUT2D eigenvalue weighted by atomic mass is 19.1. The van der Waals surface area contributed by atoms with Crippen LogP contribution in [0.4, 0.5) is 10.1 Å². The average molecular weight is 463 g/mol. The van der Waals surface area contributed by atoms with Gasteiger partial charge in [0.15, 0.2) is 0 Å². The summed E-state index contributed by atoms with van der Waals surface area (Å²) in [4.78, 5) is 50.1. The highest BCUT2D eigenvalue weighted by Crippen LogP contribution is 2.29. The predicted molar refractivity (Wildman–Crippen MR) is 114 cm³/mol. The van der Waals surface area contributed by atoms with Crippen LogP contribution in [-0.2, 0) is 33.4 Å². The van der Waals surface area contributed by atoms with Crippen LogP contribution in [0.2, 0.25) is 0 Å². The second kappa shape index (κ2) is 10.4. The number of carbonyl (C=O) groups excluding carboxylic acids is 4. The number of methoxy groups -OCH3 is 1. The number of hydrogen-bond donors (Lipinski definition) is 1. The van der Waals surface area contributed by atoms with Crippen LogP contribution in [-0.4, -0.2) is 80.9 Å². The van der Waals surface area contributed by atoms with Crippen molar-refractivity contribution in [2.24, 2.45) is 0 Å². The number of esters is 2. The van der Waals surface area contributed by atoms with Crippen LogP contribution in [0.5, 0.6) is 0 Å². The zero-order chi connectivity index (χ0) is 24.1. The summed E-state index contributed by atoms with van der Waals surface area (Å²) in [5.41, 5.74) is 0.961. The van der Waals surface area contributed by atoms with E-state index in [-0.39, 0.29) is 18.0 Å². The first kappa shape index (κ1) is 24.2. The van der Waals surface area contributed by atoms with Crippen LogP contribution in [0.25, 0.3) is 5.57 Å². The van der Waals surface area contributed by atoms with E-state index in [2.05, 4.69) is 5.32 Å². The first-order valence-electron chi connectivity index (χ1n) is 10.4. The third-order valence-electron chi connectivity index (χ3n) is 5.26. The number of benzene rings is 1. The standard InChI is InChI=1S/C22H26FN3O7/c1-13(27)24-12-16-11-17(21(30)33-16)15-4-5-19(18(23)10-15)25-6-8-26(9-7-25)20(29)22(31-3)32-14(2)28/h4-5,10-11,16,22H,6-9,12H2,1-3H3,(H,24,27)/t16-,22?/m1/s1. The summed E-state index contributed by atoms with van der Waals surface area (Å²) < 4.78 is 29.9. The summed E-state index contributed by atoms with van der Waals surface area (Å²) in [5.74, 6) is -2.43. The molecule has 0 spiro atoms. The molecule has 2 heterocycles. The van der Waals surface area contributed by atoms with Gasteiger partial charge in [-0.25, -0.2) is 9.18 Å². The van der Waals surface area contributed by atoms with Crippen molar-refractivity contribution >= 4 is 35.0 Å². The first-order chi connectivity index (χ1) is 15.7. The molecule has 2 atom stereocenters. The largest absolute Gasteiger partial charge is 0.453 e. The number of ether oxygens (including phenoxy) is 3. The van der Waals surface area contributed by atoms with Crippen LogP contribution >= 0.6 is 0 Å². The fourth-order valence-electron chi connectivity index (χ4n) is 3.65. The molecule has 1 N–H and O–H groups in total. The van der Waals surface area contributed by atoms with Crippen molar-refractivity contribution in [3.8, 4) is 0 Å². The molecule has 0 saturated carbocycles. The van der Waals surface area contributed by atoms with Crippen molar-refractivity contribution in [1.82, 2.24) is 10.2 Å². The van der Waals surface area contributed by atoms with E-state index >= 15 is 0 Å². The van der Waals surface area contributed by atoms with Crippen LogP contribution in [0.1, 0.15) is 19.4 Å². The predicted octanol–water partition coefficient (Wildman–Crippen LogP) is 0.455. The van der Waals surface area contributed by atoms with Crippen molar-refractivity contribution in [3.05, 3.63) is 35.7 Å². The third kappa shape index (κ3) is 5.86. The van der Waals surface area contributed by atoms with E-state index < -0.39 is 36.1 Å². The average Bonchev–Trinajstić information content (AvgIpc) is 3.16. The second-order valence-electron chi connectivity index (χ2n) is 7.62. The minimum atomic E-state index is -1.31. The summed E-state index contributed by atoms with van der Waals surface area (Å²) in [7, 11) is 1.27. The molecule has 3 rings (SSSR count). The first-order valence-corrected chi connectivity index (χ1v) is 10.4. The Morgan fingerprint density at radius 1 is 1.21 bits per heavy atom. The highest BCUT2D eigenvalue weighted by Gasteiger charge is 2.31. The lowest BCUT2D eigenvalue weighted by molar-refractivity contribution is -0.186. The summed E-state index contributed by atoms with van der Waals surface area (Å²) in [6.45, 7) is 4.02. The molecule has 0 aliphatic carbocycles. The van der Waals surface area contributed by atoms with Crippen LogP contribution in [0.3, 0.4) is 0 Å². The summed E-state index contributed by atoms with van der Waals surface area (Å²) in [6.07, 6.45) is -0.349. The number of piperazine rings is 1. The molecular formula is C22H26FN3O7. The molecule has 1 unspecified atom stereocenters. The maximum Gasteiger partial charge on any atom is 0.339 e. The number of nitrogens with zero attached hydrogens (tertiary/aromatic N) is 2. The van der Waals surface area contributed by atoms with Crippen molar-refractivity contribution < 1.29 is 37.8 Å². The summed E-state index contributed by atoms with van der Waals surface area (Å²) in [5, 5.41) is 2.57. The molecule has 0 aromatic heterocycles. The Morgan fingerprint density at radius 3 is 2.48 bits per heavy atom. The molecule has 178 valence electrons. The Morgan fingerprint density at radius 2 is 1.91 bits per heavy atom. The van der Waals surface area contributed by atoms with Gasteiger partial charge in [0.2, 0.25) is 5.91 Å². The van der Waals surface area contributed by atoms with Gasteiger partial charge in [-0.05, 0) is 23.8 Å². The van der Waals surface area contributed by atoms with Gasteiger partial charge in [0.25, 0.3) is 12.2 Å². The molecule has 1 saturated heterocycles. The zero-order valence-corrected chi connectivity index (χ0v) is 18.6. The van der Waals surface area contributed by atoms with Gasteiger partial charge in [0.1, 0.15) is 11.9 Å². The van der Waals surface area contributed by atoms with Gasteiger partial charge in [0, 0.05) is 47.1 Å². The molecular weight excluding hydrogens is 437 g/mol. The lowest BCUT2D eigenvalue weighted by Gasteiger charge is -2.37. The maximum absolute atomic E-state index is 14.9. The molecule has 1 aromatic carbocycles. The fourth-order valence-corrected chi connectivity index (χ4v) is 3.65. The fraction of sp³-hybridized carbons (Fsp3) is 0.455. The minimum Gasteiger partial charge on any atom is -0.453 e. The molecule has 0 radical (unpaired) electrons. The normalized spacial score (nSPS) is 19.0. The van der Waals surface area contributed by atoms with Gasteiger partial charge in [-0.2, -0.15) is 0 Å². The van der Waals surface area contributed by atoms with E-state index in [4.69, 9.17) is 14.2 Å². The number of halogens is 1.